The summed E-state index contributed by atoms with van der Waals surface area (Å²) in [5.41, 5.74) is 10.7. The van der Waals surface area contributed by atoms with Gasteiger partial charge in [0.15, 0.2) is 0 Å². The molecule has 3 aromatic rings. The number of nitrogens with zero attached hydrogens (tertiary/aromatic N) is 2. The lowest BCUT2D eigenvalue weighted by molar-refractivity contribution is 1.06. The van der Waals surface area contributed by atoms with Gasteiger partial charge in [-0.25, -0.2) is 4.98 Å². The maximum Gasteiger partial charge on any atom is 0.201 e. The van der Waals surface area contributed by atoms with Crippen LogP contribution in [0.5, 0.6) is 0 Å². The topological polar surface area (TPSA) is 79.6 Å². The molecular weight excluding hydrogens is 238 g/mol. The summed E-state index contributed by atoms with van der Waals surface area (Å²) in [7, 11) is 0. The number of nitrogens with two attached hydrogens (primary N) is 1. The van der Waals surface area contributed by atoms with Crippen molar-refractivity contribution in [2.45, 2.75) is 13.5 Å². The quantitative estimate of drug-likeness (QED) is 0.626. The molecule has 0 atom stereocenters. The molecule has 0 radical (unpaired) electrons. The molecule has 4 N–H and O–H groups in total. The zero-order chi connectivity index (χ0) is 13.2. The van der Waals surface area contributed by atoms with Crippen molar-refractivity contribution in [1.29, 1.82) is 0 Å². The molecular formula is C14H15N5. The molecule has 0 aliphatic rings. The number of aromatic nitrogens is 3. The number of H-pyrrole nitrogens is 1. The number of pyridine rings is 1. The molecule has 0 aliphatic heterocycles. The van der Waals surface area contributed by atoms with Crippen molar-refractivity contribution in [2.75, 3.05) is 11.1 Å². The van der Waals surface area contributed by atoms with Crippen molar-refractivity contribution in [3.05, 3.63) is 47.8 Å². The van der Waals surface area contributed by atoms with E-state index < -0.39 is 0 Å². The number of aromatic amines is 1. The zero-order valence-corrected chi connectivity index (χ0v) is 10.6. The summed E-state index contributed by atoms with van der Waals surface area (Å²) in [6, 6.07) is 7.64. The molecule has 0 bridgehead atoms. The Kier molecular flexibility index (Phi) is 2.79. The molecule has 1 aromatic carbocycles. The Bertz CT molecular complexity index is 717. The third-order valence-electron chi connectivity index (χ3n) is 3.09. The molecule has 19 heavy (non-hydrogen) atoms. The number of anilines is 2. The highest BCUT2D eigenvalue weighted by molar-refractivity contribution is 5.80. The summed E-state index contributed by atoms with van der Waals surface area (Å²) in [5.74, 6) is 0.747. The molecule has 5 nitrogen and oxygen atoms in total. The van der Waals surface area contributed by atoms with E-state index in [0.717, 1.165) is 28.2 Å². The van der Waals surface area contributed by atoms with Crippen LogP contribution in [-0.2, 0) is 6.54 Å². The summed E-state index contributed by atoms with van der Waals surface area (Å²) in [6.45, 7) is 2.76. The van der Waals surface area contributed by atoms with Crippen molar-refractivity contribution in [1.82, 2.24) is 15.0 Å². The molecule has 0 saturated carbocycles. The van der Waals surface area contributed by atoms with Crippen LogP contribution in [0.3, 0.4) is 0 Å². The van der Waals surface area contributed by atoms with E-state index in [4.69, 9.17) is 5.73 Å². The third-order valence-corrected chi connectivity index (χ3v) is 3.09. The van der Waals surface area contributed by atoms with Gasteiger partial charge in [-0.15, -0.1) is 0 Å². The van der Waals surface area contributed by atoms with Gasteiger partial charge in [-0.3, -0.25) is 4.98 Å². The van der Waals surface area contributed by atoms with E-state index in [1.807, 2.05) is 37.4 Å². The highest BCUT2D eigenvalue weighted by atomic mass is 15.1. The van der Waals surface area contributed by atoms with Gasteiger partial charge in [0.25, 0.3) is 0 Å². The number of hydrogen-bond acceptors (Lipinski definition) is 4. The summed E-state index contributed by atoms with van der Waals surface area (Å²) >= 11 is 0. The first kappa shape index (κ1) is 11.5. The maximum atomic E-state index is 5.74. The number of fused-ring (bicyclic) bond motifs is 1. The van der Waals surface area contributed by atoms with Gasteiger partial charge in [-0.1, -0.05) is 0 Å². The standard InChI is InChI=1S/C14H15N5/c1-9-7-16-5-4-10(9)8-17-14-18-12-3-2-11(15)6-13(12)19-14/h2-7H,8,15H2,1H3,(H2,17,18,19). The zero-order valence-electron chi connectivity index (χ0n) is 10.6. The number of hydrogen-bond donors (Lipinski definition) is 3. The first-order valence-corrected chi connectivity index (χ1v) is 6.11. The number of nitrogen functional groups attached to an aromatic ring is 1. The van der Waals surface area contributed by atoms with Crippen molar-refractivity contribution < 1.29 is 0 Å². The molecule has 0 fully saturated rings. The number of nitrogens with one attached hydrogen (secondary N) is 2. The minimum Gasteiger partial charge on any atom is -0.399 e. The van der Waals surface area contributed by atoms with Gasteiger partial charge < -0.3 is 16.0 Å². The largest absolute Gasteiger partial charge is 0.399 e. The van der Waals surface area contributed by atoms with Crippen LogP contribution in [0.15, 0.2) is 36.7 Å². The highest BCUT2D eigenvalue weighted by Crippen LogP contribution is 2.17. The van der Waals surface area contributed by atoms with Crippen LogP contribution < -0.4 is 11.1 Å². The average molecular weight is 253 g/mol. The van der Waals surface area contributed by atoms with Gasteiger partial charge in [-0.05, 0) is 42.3 Å². The lowest BCUT2D eigenvalue weighted by Gasteiger charge is -2.05. The Morgan fingerprint density at radius 1 is 1.32 bits per heavy atom. The number of benzene rings is 1. The van der Waals surface area contributed by atoms with E-state index >= 15 is 0 Å². The Balaban J connectivity index is 1.80. The Morgan fingerprint density at radius 2 is 2.21 bits per heavy atom. The fourth-order valence-electron chi connectivity index (χ4n) is 1.99. The molecule has 0 aliphatic carbocycles. The van der Waals surface area contributed by atoms with Crippen LogP contribution in [0, 0.1) is 6.92 Å². The number of aryl methyl sites for hydroxylation is 1. The van der Waals surface area contributed by atoms with E-state index in [2.05, 4.69) is 20.3 Å². The molecule has 3 rings (SSSR count). The lowest BCUT2D eigenvalue weighted by Crippen LogP contribution is -2.02. The van der Waals surface area contributed by atoms with Crippen LogP contribution >= 0.6 is 0 Å². The normalized spacial score (nSPS) is 10.8. The van der Waals surface area contributed by atoms with Crippen LogP contribution in [0.4, 0.5) is 11.6 Å². The van der Waals surface area contributed by atoms with Crippen molar-refractivity contribution in [3.63, 3.8) is 0 Å². The van der Waals surface area contributed by atoms with Crippen molar-refractivity contribution in [3.8, 4) is 0 Å². The summed E-state index contributed by atoms with van der Waals surface area (Å²) < 4.78 is 0. The van der Waals surface area contributed by atoms with E-state index in [0.29, 0.717) is 6.54 Å². The average Bonchev–Trinajstić information content (AvgIpc) is 2.79. The van der Waals surface area contributed by atoms with E-state index in [1.54, 1.807) is 6.20 Å². The fraction of sp³-hybridized carbons (Fsp3) is 0.143. The van der Waals surface area contributed by atoms with E-state index in [-0.39, 0.29) is 0 Å². The second kappa shape index (κ2) is 4.61. The monoisotopic (exact) mass is 253 g/mol. The fourth-order valence-corrected chi connectivity index (χ4v) is 1.99. The summed E-state index contributed by atoms with van der Waals surface area (Å²) in [4.78, 5) is 11.7. The van der Waals surface area contributed by atoms with Crippen LogP contribution in [0.2, 0.25) is 0 Å². The third kappa shape index (κ3) is 2.35. The minimum absolute atomic E-state index is 0.712. The van der Waals surface area contributed by atoms with Gasteiger partial charge in [-0.2, -0.15) is 0 Å². The Labute approximate surface area is 110 Å². The van der Waals surface area contributed by atoms with Gasteiger partial charge in [0, 0.05) is 24.6 Å². The lowest BCUT2D eigenvalue weighted by atomic mass is 10.1. The molecule has 2 aromatic heterocycles. The van der Waals surface area contributed by atoms with Crippen molar-refractivity contribution in [2.24, 2.45) is 0 Å². The smallest absolute Gasteiger partial charge is 0.201 e. The SMILES string of the molecule is Cc1cnccc1CNc1nc2ccc(N)cc2[nH]1. The van der Waals surface area contributed by atoms with Crippen LogP contribution in [0.25, 0.3) is 11.0 Å². The van der Waals surface area contributed by atoms with Crippen LogP contribution in [0.1, 0.15) is 11.1 Å². The first-order valence-electron chi connectivity index (χ1n) is 6.11. The van der Waals surface area contributed by atoms with Gasteiger partial charge in [0.05, 0.1) is 11.0 Å². The predicted octanol–water partition coefficient (Wildman–Crippen LogP) is 2.46. The molecule has 2 heterocycles. The number of imidazole rings is 1. The van der Waals surface area contributed by atoms with Gasteiger partial charge in [0.1, 0.15) is 0 Å². The van der Waals surface area contributed by atoms with Gasteiger partial charge >= 0.3 is 0 Å². The first-order chi connectivity index (χ1) is 9.22. The number of rotatable bonds is 3. The molecule has 0 spiro atoms. The summed E-state index contributed by atoms with van der Waals surface area (Å²) in [6.07, 6.45) is 3.65. The second-order valence-electron chi connectivity index (χ2n) is 4.52. The minimum atomic E-state index is 0.712. The molecule has 0 unspecified atom stereocenters. The molecule has 0 saturated heterocycles. The van der Waals surface area contributed by atoms with Gasteiger partial charge in [0.2, 0.25) is 5.95 Å². The van der Waals surface area contributed by atoms with Crippen LogP contribution in [-0.4, -0.2) is 15.0 Å². The Hall–Kier alpha value is -2.56. The molecule has 5 heteroatoms. The second-order valence-corrected chi connectivity index (χ2v) is 4.52. The maximum absolute atomic E-state index is 5.74. The molecule has 0 amide bonds. The van der Waals surface area contributed by atoms with Crippen molar-refractivity contribution >= 4 is 22.7 Å². The highest BCUT2D eigenvalue weighted by Gasteiger charge is 2.03. The van der Waals surface area contributed by atoms with E-state index in [1.165, 1.54) is 5.56 Å². The molecule has 96 valence electrons. The summed E-state index contributed by atoms with van der Waals surface area (Å²) in [5, 5.41) is 3.28. The van der Waals surface area contributed by atoms with E-state index in [9.17, 15) is 0 Å². The Morgan fingerprint density at radius 3 is 3.05 bits per heavy atom. The predicted molar refractivity (Wildman–Crippen MR) is 76.8 cm³/mol.